The molecule has 1 atom stereocenters. The van der Waals surface area contributed by atoms with E-state index in [-0.39, 0.29) is 11.7 Å². The lowest BCUT2D eigenvalue weighted by Crippen LogP contribution is -2.41. The number of anilines is 1. The van der Waals surface area contributed by atoms with Crippen LogP contribution < -0.4 is 4.90 Å². The molecule has 0 bridgehead atoms. The van der Waals surface area contributed by atoms with Gasteiger partial charge in [0.15, 0.2) is 9.84 Å². The lowest BCUT2D eigenvalue weighted by atomic mass is 10.0. The fourth-order valence-corrected chi connectivity index (χ4v) is 4.17. The zero-order valence-corrected chi connectivity index (χ0v) is 15.4. The van der Waals surface area contributed by atoms with Crippen molar-refractivity contribution in [1.29, 1.82) is 0 Å². The summed E-state index contributed by atoms with van der Waals surface area (Å²) in [5.74, 6) is -0.281. The molecule has 130 valence electrons. The smallest absolute Gasteiger partial charge is 0.258 e. The molecule has 25 heavy (non-hydrogen) atoms. The molecule has 3 rings (SSSR count). The van der Waals surface area contributed by atoms with Crippen LogP contribution in [0.15, 0.2) is 53.9 Å². The number of hydrogen-bond acceptors (Lipinski definition) is 3. The fourth-order valence-electron chi connectivity index (χ4n) is 2.90. The van der Waals surface area contributed by atoms with Gasteiger partial charge in [-0.1, -0.05) is 23.8 Å². The van der Waals surface area contributed by atoms with Crippen LogP contribution in [-0.2, 0) is 9.84 Å². The second-order valence-corrected chi connectivity index (χ2v) is 8.47. The third-order valence-corrected chi connectivity index (χ3v) is 5.91. The molecule has 0 unspecified atom stereocenters. The Morgan fingerprint density at radius 2 is 1.68 bits per heavy atom. The summed E-state index contributed by atoms with van der Waals surface area (Å²) >= 11 is 0. The molecule has 0 N–H and O–H groups in total. The van der Waals surface area contributed by atoms with E-state index in [1.165, 1.54) is 5.41 Å². The molecule has 0 spiro atoms. The van der Waals surface area contributed by atoms with Gasteiger partial charge in [0, 0.05) is 16.7 Å². The van der Waals surface area contributed by atoms with Crippen molar-refractivity contribution in [3.8, 4) is 0 Å². The molecule has 4 nitrogen and oxygen atoms in total. The maximum absolute atomic E-state index is 13.2. The van der Waals surface area contributed by atoms with Crippen LogP contribution in [-0.4, -0.2) is 26.1 Å². The van der Waals surface area contributed by atoms with E-state index in [2.05, 4.69) is 0 Å². The lowest BCUT2D eigenvalue weighted by Gasteiger charge is -2.28. The molecule has 2 aromatic rings. The van der Waals surface area contributed by atoms with E-state index in [0.717, 1.165) is 16.7 Å². The van der Waals surface area contributed by atoms with Crippen LogP contribution in [0.25, 0.3) is 0 Å². The highest BCUT2D eigenvalue weighted by Crippen LogP contribution is 2.26. The first-order chi connectivity index (χ1) is 11.8. The van der Waals surface area contributed by atoms with Gasteiger partial charge in [-0.2, -0.15) is 0 Å². The van der Waals surface area contributed by atoms with Gasteiger partial charge < -0.3 is 4.90 Å². The lowest BCUT2D eigenvalue weighted by molar-refractivity contribution is 0.0983. The Labute approximate surface area is 148 Å². The Kier molecular flexibility index (Phi) is 4.52. The summed E-state index contributed by atoms with van der Waals surface area (Å²) in [5, 5.41) is 1.20. The van der Waals surface area contributed by atoms with Gasteiger partial charge in [0.05, 0.1) is 11.8 Å². The SMILES string of the molecule is Cc1ccc(N(C(=O)c2ccc(C)c(C)c2)[C@H]2C=CS(=O)(=O)C2)cc1. The largest absolute Gasteiger partial charge is 0.300 e. The van der Waals surface area contributed by atoms with E-state index in [9.17, 15) is 13.2 Å². The minimum absolute atomic E-state index is 0.0859. The first kappa shape index (κ1) is 17.4. The van der Waals surface area contributed by atoms with Gasteiger partial charge in [-0.15, -0.1) is 0 Å². The Morgan fingerprint density at radius 3 is 2.24 bits per heavy atom. The van der Waals surface area contributed by atoms with Gasteiger partial charge in [0.1, 0.15) is 0 Å². The van der Waals surface area contributed by atoms with Crippen LogP contribution in [0.1, 0.15) is 27.0 Å². The zero-order chi connectivity index (χ0) is 18.2. The van der Waals surface area contributed by atoms with Crippen LogP contribution in [0.2, 0.25) is 0 Å². The molecule has 1 aliphatic rings. The average Bonchev–Trinajstić information content (AvgIpc) is 2.91. The first-order valence-corrected chi connectivity index (χ1v) is 9.87. The third-order valence-electron chi connectivity index (χ3n) is 4.53. The van der Waals surface area contributed by atoms with Crippen molar-refractivity contribution in [2.75, 3.05) is 10.7 Å². The van der Waals surface area contributed by atoms with Gasteiger partial charge in [-0.3, -0.25) is 4.79 Å². The summed E-state index contributed by atoms with van der Waals surface area (Å²) < 4.78 is 23.7. The number of carbonyl (C=O) groups excluding carboxylic acids is 1. The van der Waals surface area contributed by atoms with Crippen molar-refractivity contribution in [2.24, 2.45) is 0 Å². The van der Waals surface area contributed by atoms with Gasteiger partial charge in [-0.05, 0) is 62.2 Å². The van der Waals surface area contributed by atoms with Crippen LogP contribution in [0.5, 0.6) is 0 Å². The first-order valence-electron chi connectivity index (χ1n) is 8.15. The highest BCUT2D eigenvalue weighted by Gasteiger charge is 2.32. The molecular formula is C20H21NO3S. The summed E-state index contributed by atoms with van der Waals surface area (Å²) in [6, 6.07) is 12.6. The molecule has 5 heteroatoms. The quantitative estimate of drug-likeness (QED) is 0.846. The van der Waals surface area contributed by atoms with E-state index < -0.39 is 15.9 Å². The number of carbonyl (C=O) groups is 1. The number of rotatable bonds is 3. The number of aryl methyl sites for hydroxylation is 3. The molecule has 2 aromatic carbocycles. The Bertz CT molecular complexity index is 943. The van der Waals surface area contributed by atoms with Gasteiger partial charge in [-0.25, -0.2) is 8.42 Å². The van der Waals surface area contributed by atoms with Crippen molar-refractivity contribution in [3.63, 3.8) is 0 Å². The van der Waals surface area contributed by atoms with E-state index in [0.29, 0.717) is 11.3 Å². The Morgan fingerprint density at radius 1 is 1.00 bits per heavy atom. The summed E-state index contributed by atoms with van der Waals surface area (Å²) in [5.41, 5.74) is 4.48. The van der Waals surface area contributed by atoms with E-state index in [4.69, 9.17) is 0 Å². The predicted octanol–water partition coefficient (Wildman–Crippen LogP) is 3.57. The number of hydrogen-bond donors (Lipinski definition) is 0. The van der Waals surface area contributed by atoms with Crippen LogP contribution in [0, 0.1) is 20.8 Å². The molecule has 1 heterocycles. The molecule has 0 saturated heterocycles. The highest BCUT2D eigenvalue weighted by molar-refractivity contribution is 7.94. The molecule has 0 saturated carbocycles. The predicted molar refractivity (Wildman–Crippen MR) is 101 cm³/mol. The van der Waals surface area contributed by atoms with Crippen molar-refractivity contribution < 1.29 is 13.2 Å². The summed E-state index contributed by atoms with van der Waals surface area (Å²) in [7, 11) is -3.26. The van der Waals surface area contributed by atoms with E-state index >= 15 is 0 Å². The molecule has 1 amide bonds. The van der Waals surface area contributed by atoms with Gasteiger partial charge in [0.25, 0.3) is 5.91 Å². The molecule has 0 fully saturated rings. The minimum Gasteiger partial charge on any atom is -0.300 e. The molecule has 0 radical (unpaired) electrons. The maximum atomic E-state index is 13.2. The van der Waals surface area contributed by atoms with Crippen molar-refractivity contribution in [2.45, 2.75) is 26.8 Å². The monoisotopic (exact) mass is 355 g/mol. The number of sulfone groups is 1. The molecule has 0 aromatic heterocycles. The van der Waals surface area contributed by atoms with Crippen LogP contribution in [0.4, 0.5) is 5.69 Å². The topological polar surface area (TPSA) is 54.5 Å². The van der Waals surface area contributed by atoms with Crippen LogP contribution in [0.3, 0.4) is 0 Å². The zero-order valence-electron chi connectivity index (χ0n) is 14.6. The second kappa shape index (κ2) is 6.48. The summed E-state index contributed by atoms with van der Waals surface area (Å²) in [6.45, 7) is 5.93. The average molecular weight is 355 g/mol. The second-order valence-electron chi connectivity index (χ2n) is 6.54. The highest BCUT2D eigenvalue weighted by atomic mass is 32.2. The van der Waals surface area contributed by atoms with Gasteiger partial charge >= 0.3 is 0 Å². The van der Waals surface area contributed by atoms with Gasteiger partial charge in [0.2, 0.25) is 0 Å². The Balaban J connectivity index is 2.04. The summed E-state index contributed by atoms with van der Waals surface area (Å²) in [6.07, 6.45) is 1.59. The fraction of sp³-hybridized carbons (Fsp3) is 0.250. The van der Waals surface area contributed by atoms with Crippen LogP contribution >= 0.6 is 0 Å². The maximum Gasteiger partial charge on any atom is 0.258 e. The number of nitrogens with zero attached hydrogens (tertiary/aromatic N) is 1. The van der Waals surface area contributed by atoms with Crippen molar-refractivity contribution in [3.05, 3.63) is 76.2 Å². The van der Waals surface area contributed by atoms with Crippen molar-refractivity contribution >= 4 is 21.4 Å². The van der Waals surface area contributed by atoms with E-state index in [1.807, 2.05) is 57.2 Å². The minimum atomic E-state index is -3.26. The molecule has 0 aliphatic carbocycles. The van der Waals surface area contributed by atoms with Crippen molar-refractivity contribution in [1.82, 2.24) is 0 Å². The molecular weight excluding hydrogens is 334 g/mol. The number of benzene rings is 2. The standard InChI is InChI=1S/C20H21NO3S/c1-14-4-8-18(9-5-14)21(19-10-11-25(23,24)13-19)20(22)17-7-6-15(2)16(3)12-17/h4-12,19H,13H2,1-3H3/t19-/m0/s1. The normalized spacial score (nSPS) is 18.3. The summed E-state index contributed by atoms with van der Waals surface area (Å²) in [4.78, 5) is 14.8. The molecule has 1 aliphatic heterocycles. The van der Waals surface area contributed by atoms with E-state index in [1.54, 1.807) is 17.0 Å². The number of amides is 1. The Hall–Kier alpha value is -2.40. The third kappa shape index (κ3) is 3.66.